The molecule has 0 aliphatic carbocycles. The van der Waals surface area contributed by atoms with Crippen molar-refractivity contribution in [3.05, 3.63) is 11.4 Å². The molecule has 0 amide bonds. The van der Waals surface area contributed by atoms with Gasteiger partial charge in [0.25, 0.3) is 0 Å². The molecule has 2 heterocycles. The van der Waals surface area contributed by atoms with E-state index in [2.05, 4.69) is 29.1 Å². The molecular formula is C13H21N3OS. The summed E-state index contributed by atoms with van der Waals surface area (Å²) in [5.74, 6) is 2.83. The summed E-state index contributed by atoms with van der Waals surface area (Å²) in [5, 5.41) is 4.23. The Hall–Kier alpha value is -0.810. The SMILES string of the molecule is CCc1nc(NC)c(C)c(SCC2CCCO2)n1. The highest BCUT2D eigenvalue weighted by atomic mass is 32.2. The quantitative estimate of drug-likeness (QED) is 0.656. The third kappa shape index (κ3) is 3.14. The first-order chi connectivity index (χ1) is 8.74. The van der Waals surface area contributed by atoms with Crippen molar-refractivity contribution in [3.63, 3.8) is 0 Å². The van der Waals surface area contributed by atoms with Gasteiger partial charge in [0.15, 0.2) is 0 Å². The van der Waals surface area contributed by atoms with Crippen LogP contribution in [0.4, 0.5) is 5.82 Å². The molecule has 1 aliphatic heterocycles. The Morgan fingerprint density at radius 2 is 2.28 bits per heavy atom. The molecule has 1 saturated heterocycles. The fraction of sp³-hybridized carbons (Fsp3) is 0.692. The molecule has 2 rings (SSSR count). The number of aryl methyl sites for hydroxylation is 1. The van der Waals surface area contributed by atoms with Gasteiger partial charge in [-0.15, -0.1) is 11.8 Å². The van der Waals surface area contributed by atoms with Gasteiger partial charge in [0, 0.05) is 31.4 Å². The van der Waals surface area contributed by atoms with Crippen LogP contribution >= 0.6 is 11.8 Å². The molecule has 1 aromatic heterocycles. The second-order valence-electron chi connectivity index (χ2n) is 4.47. The number of ether oxygens (including phenoxy) is 1. The van der Waals surface area contributed by atoms with Crippen LogP contribution in [0.5, 0.6) is 0 Å². The number of hydrogen-bond donors (Lipinski definition) is 1. The summed E-state index contributed by atoms with van der Waals surface area (Å²) in [6.45, 7) is 5.07. The van der Waals surface area contributed by atoms with Crippen LogP contribution in [0.3, 0.4) is 0 Å². The summed E-state index contributed by atoms with van der Waals surface area (Å²) in [4.78, 5) is 9.10. The Kier molecular flexibility index (Phi) is 4.83. The number of anilines is 1. The first-order valence-electron chi connectivity index (χ1n) is 6.54. The summed E-state index contributed by atoms with van der Waals surface area (Å²) < 4.78 is 5.65. The first kappa shape index (κ1) is 13.6. The van der Waals surface area contributed by atoms with Gasteiger partial charge in [0.05, 0.1) is 6.10 Å². The lowest BCUT2D eigenvalue weighted by atomic mass is 10.3. The summed E-state index contributed by atoms with van der Waals surface area (Å²) >= 11 is 1.79. The Labute approximate surface area is 113 Å². The van der Waals surface area contributed by atoms with Gasteiger partial charge in [-0.25, -0.2) is 9.97 Å². The van der Waals surface area contributed by atoms with E-state index in [1.807, 2.05) is 7.05 Å². The van der Waals surface area contributed by atoms with Crippen LogP contribution in [0, 0.1) is 6.92 Å². The summed E-state index contributed by atoms with van der Waals surface area (Å²) in [6, 6.07) is 0. The smallest absolute Gasteiger partial charge is 0.133 e. The molecule has 5 heteroatoms. The van der Waals surface area contributed by atoms with Crippen molar-refractivity contribution < 1.29 is 4.74 Å². The molecule has 0 radical (unpaired) electrons. The largest absolute Gasteiger partial charge is 0.377 e. The normalized spacial score (nSPS) is 19.2. The Morgan fingerprint density at radius 1 is 1.44 bits per heavy atom. The topological polar surface area (TPSA) is 47.0 Å². The number of nitrogens with zero attached hydrogens (tertiary/aromatic N) is 2. The highest BCUT2D eigenvalue weighted by Crippen LogP contribution is 2.27. The molecule has 1 atom stereocenters. The summed E-state index contributed by atoms with van der Waals surface area (Å²) in [6.07, 6.45) is 3.63. The van der Waals surface area contributed by atoms with Gasteiger partial charge in [-0.05, 0) is 19.8 Å². The van der Waals surface area contributed by atoms with Gasteiger partial charge in [-0.2, -0.15) is 0 Å². The van der Waals surface area contributed by atoms with E-state index in [1.165, 1.54) is 12.8 Å². The average molecular weight is 267 g/mol. The molecule has 18 heavy (non-hydrogen) atoms. The minimum atomic E-state index is 0.396. The fourth-order valence-electron chi connectivity index (χ4n) is 2.03. The zero-order valence-corrected chi connectivity index (χ0v) is 12.1. The van der Waals surface area contributed by atoms with Crippen molar-refractivity contribution in [2.45, 2.75) is 44.2 Å². The third-order valence-electron chi connectivity index (χ3n) is 3.13. The molecule has 0 saturated carbocycles. The zero-order valence-electron chi connectivity index (χ0n) is 11.3. The average Bonchev–Trinajstić information content (AvgIpc) is 2.90. The van der Waals surface area contributed by atoms with Crippen molar-refractivity contribution >= 4 is 17.6 Å². The second kappa shape index (κ2) is 6.38. The van der Waals surface area contributed by atoms with Crippen LogP contribution in [0.15, 0.2) is 5.03 Å². The molecule has 1 unspecified atom stereocenters. The zero-order chi connectivity index (χ0) is 13.0. The number of thioether (sulfide) groups is 1. The lowest BCUT2D eigenvalue weighted by Crippen LogP contribution is -2.10. The maximum Gasteiger partial charge on any atom is 0.133 e. The van der Waals surface area contributed by atoms with E-state index in [0.29, 0.717) is 6.10 Å². The fourth-order valence-corrected chi connectivity index (χ4v) is 3.12. The Bertz CT molecular complexity index is 405. The maximum absolute atomic E-state index is 5.65. The molecule has 0 bridgehead atoms. The summed E-state index contributed by atoms with van der Waals surface area (Å²) in [5.41, 5.74) is 1.14. The monoisotopic (exact) mass is 267 g/mol. The van der Waals surface area contributed by atoms with Crippen LogP contribution < -0.4 is 5.32 Å². The Balaban J connectivity index is 2.09. The predicted octanol–water partition coefficient (Wildman–Crippen LogP) is 2.66. The maximum atomic E-state index is 5.65. The van der Waals surface area contributed by atoms with Crippen LogP contribution in [-0.4, -0.2) is 35.5 Å². The lowest BCUT2D eigenvalue weighted by molar-refractivity contribution is 0.129. The van der Waals surface area contributed by atoms with E-state index in [9.17, 15) is 0 Å². The molecule has 0 spiro atoms. The van der Waals surface area contributed by atoms with Gasteiger partial charge in [-0.3, -0.25) is 0 Å². The van der Waals surface area contributed by atoms with E-state index >= 15 is 0 Å². The summed E-state index contributed by atoms with van der Waals surface area (Å²) in [7, 11) is 1.91. The number of aromatic nitrogens is 2. The van der Waals surface area contributed by atoms with E-state index in [-0.39, 0.29) is 0 Å². The van der Waals surface area contributed by atoms with Crippen LogP contribution in [0.2, 0.25) is 0 Å². The van der Waals surface area contributed by atoms with Gasteiger partial charge in [0.1, 0.15) is 16.7 Å². The van der Waals surface area contributed by atoms with Crippen LogP contribution in [0.25, 0.3) is 0 Å². The molecule has 1 N–H and O–H groups in total. The highest BCUT2D eigenvalue weighted by molar-refractivity contribution is 7.99. The van der Waals surface area contributed by atoms with Crippen molar-refractivity contribution in [2.75, 3.05) is 24.7 Å². The van der Waals surface area contributed by atoms with Crippen molar-refractivity contribution in [1.29, 1.82) is 0 Å². The van der Waals surface area contributed by atoms with Gasteiger partial charge in [-0.1, -0.05) is 6.92 Å². The number of hydrogen-bond acceptors (Lipinski definition) is 5. The van der Waals surface area contributed by atoms with Crippen molar-refractivity contribution in [3.8, 4) is 0 Å². The van der Waals surface area contributed by atoms with E-state index in [1.54, 1.807) is 11.8 Å². The van der Waals surface area contributed by atoms with Gasteiger partial charge >= 0.3 is 0 Å². The minimum absolute atomic E-state index is 0.396. The lowest BCUT2D eigenvalue weighted by Gasteiger charge is -2.13. The van der Waals surface area contributed by atoms with E-state index < -0.39 is 0 Å². The van der Waals surface area contributed by atoms with Crippen molar-refractivity contribution in [1.82, 2.24) is 9.97 Å². The third-order valence-corrected chi connectivity index (χ3v) is 4.34. The van der Waals surface area contributed by atoms with Crippen molar-refractivity contribution in [2.24, 2.45) is 0 Å². The van der Waals surface area contributed by atoms with Crippen LogP contribution in [0.1, 0.15) is 31.2 Å². The number of rotatable bonds is 5. The second-order valence-corrected chi connectivity index (χ2v) is 5.48. The molecule has 0 aromatic carbocycles. The molecule has 1 fully saturated rings. The minimum Gasteiger partial charge on any atom is -0.377 e. The molecule has 1 aromatic rings. The molecular weight excluding hydrogens is 246 g/mol. The first-order valence-corrected chi connectivity index (χ1v) is 7.52. The van der Waals surface area contributed by atoms with E-state index in [4.69, 9.17) is 4.74 Å². The number of nitrogens with one attached hydrogen (secondary N) is 1. The highest BCUT2D eigenvalue weighted by Gasteiger charge is 2.17. The predicted molar refractivity (Wildman–Crippen MR) is 75.4 cm³/mol. The van der Waals surface area contributed by atoms with Crippen LogP contribution in [-0.2, 0) is 11.2 Å². The standard InChI is InChI=1S/C13H21N3OS/c1-4-11-15-12(14-3)9(2)13(16-11)18-8-10-6-5-7-17-10/h10H,4-8H2,1-3H3,(H,14,15,16). The molecule has 4 nitrogen and oxygen atoms in total. The molecule has 1 aliphatic rings. The van der Waals surface area contributed by atoms with Gasteiger partial charge in [0.2, 0.25) is 0 Å². The van der Waals surface area contributed by atoms with Gasteiger partial charge < -0.3 is 10.1 Å². The Morgan fingerprint density at radius 3 is 2.89 bits per heavy atom. The van der Waals surface area contributed by atoms with E-state index in [0.717, 1.165) is 41.0 Å². The molecule has 100 valence electrons.